The van der Waals surface area contributed by atoms with Gasteiger partial charge in [-0.2, -0.15) is 0 Å². The van der Waals surface area contributed by atoms with Crippen LogP contribution in [0, 0.1) is 18.3 Å². The first-order chi connectivity index (χ1) is 19.0. The number of ether oxygens (including phenoxy) is 2. The Hall–Kier alpha value is -3.80. The van der Waals surface area contributed by atoms with Crippen LogP contribution in [-0.4, -0.2) is 75.3 Å². The van der Waals surface area contributed by atoms with Crippen molar-refractivity contribution >= 4 is 23.3 Å². The van der Waals surface area contributed by atoms with Gasteiger partial charge >= 0.3 is 5.97 Å². The molecule has 1 unspecified atom stereocenters. The lowest BCUT2D eigenvalue weighted by molar-refractivity contribution is -0.271. The van der Waals surface area contributed by atoms with Crippen molar-refractivity contribution in [1.82, 2.24) is 0 Å². The molecule has 0 aliphatic carbocycles. The lowest BCUT2D eigenvalue weighted by atomic mass is 9.98. The fourth-order valence-corrected chi connectivity index (χ4v) is 3.90. The molecule has 13 nitrogen and oxygen atoms in total. The number of nitrogens with one attached hydrogen (secondary N) is 1. The van der Waals surface area contributed by atoms with Crippen LogP contribution in [0.2, 0.25) is 0 Å². The third kappa shape index (κ3) is 9.15. The molecule has 0 aromatic heterocycles. The average molecular weight is 569 g/mol. The van der Waals surface area contributed by atoms with Crippen molar-refractivity contribution < 1.29 is 53.1 Å². The second kappa shape index (κ2) is 15.7. The lowest BCUT2D eigenvalue weighted by Gasteiger charge is -2.38. The number of rotatable bonds is 15. The number of Topliss-reactive ketones (excluding diaryl/α,β-unsaturated/α-hetero) is 1. The van der Waals surface area contributed by atoms with E-state index in [0.717, 1.165) is 31.0 Å². The van der Waals surface area contributed by atoms with Crippen LogP contribution < -0.4 is 10.1 Å². The smallest absolute Gasteiger partial charge is 0.335 e. The number of aliphatic hydroxyl groups is 3. The van der Waals surface area contributed by atoms with Crippen molar-refractivity contribution in [2.24, 2.45) is 11.0 Å². The van der Waals surface area contributed by atoms with Crippen LogP contribution in [0.25, 0.3) is 10.4 Å². The van der Waals surface area contributed by atoms with E-state index in [-0.39, 0.29) is 30.9 Å². The highest BCUT2D eigenvalue weighted by atomic mass is 19.3. The Kier molecular flexibility index (Phi) is 12.7. The zero-order chi connectivity index (χ0) is 29.8. The van der Waals surface area contributed by atoms with Crippen molar-refractivity contribution in [3.8, 4) is 18.1 Å². The van der Waals surface area contributed by atoms with Gasteiger partial charge in [-0.1, -0.05) is 11.5 Å². The minimum absolute atomic E-state index is 0.121. The summed E-state index contributed by atoms with van der Waals surface area (Å²) >= 11 is 0. The minimum atomic E-state index is -3.17. The van der Waals surface area contributed by atoms with E-state index >= 15 is 0 Å². The van der Waals surface area contributed by atoms with Crippen LogP contribution in [0.5, 0.6) is 5.75 Å². The average Bonchev–Trinajstić information content (AvgIpc) is 2.91. The van der Waals surface area contributed by atoms with Crippen LogP contribution in [0.15, 0.2) is 23.3 Å². The fourth-order valence-electron chi connectivity index (χ4n) is 3.90. The van der Waals surface area contributed by atoms with Gasteiger partial charge in [0.15, 0.2) is 6.10 Å². The molecule has 0 bridgehead atoms. The molecule has 1 aromatic rings. The Morgan fingerprint density at radius 2 is 1.90 bits per heavy atom. The number of anilines is 1. The number of hydrogen-bond donors (Lipinski definition) is 5. The van der Waals surface area contributed by atoms with Gasteiger partial charge < -0.3 is 35.2 Å². The number of terminal acetylenes is 1. The number of amides is 1. The molecule has 0 radical (unpaired) electrons. The normalized spacial score (nSPS) is 23.0. The summed E-state index contributed by atoms with van der Waals surface area (Å²) in [6.07, 6.45) is -5.32. The second-order valence-corrected chi connectivity index (χ2v) is 9.01. The first-order valence-corrected chi connectivity index (χ1v) is 12.3. The van der Waals surface area contributed by atoms with E-state index in [1.807, 2.05) is 0 Å². The van der Waals surface area contributed by atoms with Gasteiger partial charge in [-0.25, -0.2) is 13.6 Å². The predicted octanol–water partition coefficient (Wildman–Crippen LogP) is 2.30. The molecule has 1 heterocycles. The second-order valence-electron chi connectivity index (χ2n) is 9.01. The zero-order valence-electron chi connectivity index (χ0n) is 21.2. The van der Waals surface area contributed by atoms with Gasteiger partial charge in [0, 0.05) is 36.4 Å². The van der Waals surface area contributed by atoms with E-state index in [1.54, 1.807) is 0 Å². The lowest BCUT2D eigenvalue weighted by Crippen LogP contribution is -2.61. The summed E-state index contributed by atoms with van der Waals surface area (Å²) in [5.74, 6) is -1.81. The summed E-state index contributed by atoms with van der Waals surface area (Å²) < 4.78 is 37.9. The van der Waals surface area contributed by atoms with Crippen LogP contribution in [0.3, 0.4) is 0 Å². The van der Waals surface area contributed by atoms with Crippen LogP contribution in [0.4, 0.5) is 14.5 Å². The first-order valence-electron chi connectivity index (χ1n) is 12.3. The fraction of sp³-hybridized carbons (Fsp3) is 0.560. The topological polar surface area (TPSA) is 211 Å². The number of aliphatic carboxylic acids is 1. The minimum Gasteiger partial charge on any atom is -0.479 e. The monoisotopic (exact) mass is 568 g/mol. The Morgan fingerprint density at radius 1 is 1.18 bits per heavy atom. The van der Waals surface area contributed by atoms with Gasteiger partial charge in [-0.3, -0.25) is 9.59 Å². The molecule has 0 saturated carbocycles. The van der Waals surface area contributed by atoms with Crippen molar-refractivity contribution in [3.63, 3.8) is 0 Å². The van der Waals surface area contributed by atoms with E-state index in [0.29, 0.717) is 12.8 Å². The number of ketones is 1. The van der Waals surface area contributed by atoms with E-state index in [1.165, 1.54) is 0 Å². The maximum atomic E-state index is 13.8. The van der Waals surface area contributed by atoms with Gasteiger partial charge in [-0.15, -0.1) is 12.3 Å². The number of benzene rings is 1. The van der Waals surface area contributed by atoms with E-state index in [9.17, 15) is 38.5 Å². The molecule has 5 N–H and O–H groups in total. The number of hydrogen-bond acceptors (Lipinski definition) is 9. The molecule has 0 spiro atoms. The molecular weight excluding hydrogens is 538 g/mol. The van der Waals surface area contributed by atoms with Gasteiger partial charge in [0.1, 0.15) is 29.8 Å². The molecule has 2 rings (SSSR count). The largest absolute Gasteiger partial charge is 0.479 e. The van der Waals surface area contributed by atoms with Crippen LogP contribution >= 0.6 is 0 Å². The maximum absolute atomic E-state index is 13.8. The summed E-state index contributed by atoms with van der Waals surface area (Å²) in [5, 5.41) is 44.7. The number of alkyl halides is 2. The zero-order valence-corrected chi connectivity index (χ0v) is 21.2. The Labute approximate surface area is 227 Å². The van der Waals surface area contributed by atoms with E-state index in [2.05, 4.69) is 21.3 Å². The highest BCUT2D eigenvalue weighted by molar-refractivity contribution is 5.95. The molecule has 1 amide bonds. The van der Waals surface area contributed by atoms with Crippen LogP contribution in [-0.2, 0) is 19.1 Å². The van der Waals surface area contributed by atoms with Crippen molar-refractivity contribution in [2.75, 3.05) is 11.9 Å². The van der Waals surface area contributed by atoms with Gasteiger partial charge in [0.25, 0.3) is 6.43 Å². The third-order valence-electron chi connectivity index (χ3n) is 6.06. The summed E-state index contributed by atoms with van der Waals surface area (Å²) in [6, 6.07) is 3.00. The maximum Gasteiger partial charge on any atom is 0.335 e. The molecule has 15 heteroatoms. The SMILES string of the molecule is C#CCCCCCC(=O)CC(CN=[N+]=[N-])C(=O)Nc1ccc(O[C@H]2O[C@@H](C(=O)O)[C@H](O)[C@@H](O)[C@@H]2O)c(C(F)F)c1. The molecule has 1 fully saturated rings. The standard InChI is InChI=1S/C25H30F2N4O9/c1-2-3-4-5-6-7-15(32)10-13(12-29-31-28)23(36)30-14-8-9-17(16(11-14)22(26)27)39-25-20(35)18(33)19(34)21(40-25)24(37)38/h1,8-9,11,13,18-22,25,33-35H,3-7,10,12H2,(H,30,36)(H,37,38)/t13?,18-,19-,20+,21-,25+/m1/s1. The highest BCUT2D eigenvalue weighted by Crippen LogP contribution is 2.34. The molecule has 1 aliphatic heterocycles. The molecule has 1 aromatic carbocycles. The van der Waals surface area contributed by atoms with Crippen molar-refractivity contribution in [3.05, 3.63) is 34.2 Å². The molecule has 218 valence electrons. The molecule has 40 heavy (non-hydrogen) atoms. The molecule has 1 saturated heterocycles. The quantitative estimate of drug-likeness (QED) is 0.0689. The van der Waals surface area contributed by atoms with Crippen molar-refractivity contribution in [2.45, 2.75) is 75.7 Å². The summed E-state index contributed by atoms with van der Waals surface area (Å²) in [5.41, 5.74) is 7.74. The number of carbonyl (C=O) groups is 3. The van der Waals surface area contributed by atoms with Gasteiger partial charge in [0.05, 0.1) is 11.5 Å². The summed E-state index contributed by atoms with van der Waals surface area (Å²) in [7, 11) is 0. The Bertz CT molecular complexity index is 1140. The summed E-state index contributed by atoms with van der Waals surface area (Å²) in [4.78, 5) is 39.0. The van der Waals surface area contributed by atoms with Gasteiger partial charge in [-0.05, 0) is 36.6 Å². The van der Waals surface area contributed by atoms with E-state index < -0.39 is 66.2 Å². The number of carboxylic acid groups (broad SMARTS) is 1. The van der Waals surface area contributed by atoms with E-state index in [4.69, 9.17) is 26.5 Å². The molecule has 1 aliphatic rings. The predicted molar refractivity (Wildman–Crippen MR) is 134 cm³/mol. The number of aliphatic hydroxyl groups excluding tert-OH is 3. The highest BCUT2D eigenvalue weighted by Gasteiger charge is 2.48. The number of halogens is 2. The number of unbranched alkanes of at least 4 members (excludes halogenated alkanes) is 3. The molecule has 6 atom stereocenters. The number of azide groups is 1. The summed E-state index contributed by atoms with van der Waals surface area (Å²) in [6.45, 7) is -0.343. The Balaban J connectivity index is 2.14. The Morgan fingerprint density at radius 3 is 2.52 bits per heavy atom. The number of nitrogens with zero attached hydrogens (tertiary/aromatic N) is 3. The third-order valence-corrected chi connectivity index (χ3v) is 6.06. The van der Waals surface area contributed by atoms with Crippen LogP contribution in [0.1, 0.15) is 50.5 Å². The first kappa shape index (κ1) is 32.4. The van der Waals surface area contributed by atoms with Crippen molar-refractivity contribution in [1.29, 1.82) is 0 Å². The van der Waals surface area contributed by atoms with Gasteiger partial charge in [0.2, 0.25) is 12.2 Å². The number of carbonyl (C=O) groups excluding carboxylic acids is 2. The molecular formula is C25H30F2N4O9. The number of carboxylic acids is 1.